The minimum Gasteiger partial charge on any atom is -0.481 e. The summed E-state index contributed by atoms with van der Waals surface area (Å²) in [5.41, 5.74) is -0.576. The van der Waals surface area contributed by atoms with Gasteiger partial charge in [0.1, 0.15) is 0 Å². The second-order valence-corrected chi connectivity index (χ2v) is 6.38. The predicted octanol–water partition coefficient (Wildman–Crippen LogP) is 2.25. The fourth-order valence-electron chi connectivity index (χ4n) is 3.11. The van der Waals surface area contributed by atoms with Crippen molar-refractivity contribution in [1.82, 2.24) is 4.90 Å². The van der Waals surface area contributed by atoms with Crippen LogP contribution in [-0.4, -0.2) is 63.0 Å². The number of carboxylic acid groups (broad SMARTS) is 1. The fourth-order valence-corrected chi connectivity index (χ4v) is 3.11. The minimum absolute atomic E-state index is 0.576. The first-order valence-electron chi connectivity index (χ1n) is 7.97. The average Bonchev–Trinajstić information content (AvgIpc) is 2.47. The maximum absolute atomic E-state index is 11.8. The van der Waals surface area contributed by atoms with Gasteiger partial charge in [0.05, 0.1) is 12.0 Å². The van der Waals surface area contributed by atoms with Crippen molar-refractivity contribution in [2.75, 3.05) is 47.1 Å². The molecule has 0 aromatic heterocycles. The number of ether oxygens (including phenoxy) is 2. The topological polar surface area (TPSA) is 59.0 Å². The molecule has 0 aliphatic heterocycles. The first-order chi connectivity index (χ1) is 10.0. The Morgan fingerprint density at radius 1 is 1.19 bits per heavy atom. The van der Waals surface area contributed by atoms with Gasteiger partial charge in [-0.2, -0.15) is 0 Å². The van der Waals surface area contributed by atoms with Crippen LogP contribution in [0.1, 0.15) is 39.0 Å². The molecule has 1 aliphatic rings. The Hall–Kier alpha value is -0.650. The summed E-state index contributed by atoms with van der Waals surface area (Å²) in [5, 5.41) is 9.74. The van der Waals surface area contributed by atoms with Gasteiger partial charge in [-0.05, 0) is 38.0 Å². The van der Waals surface area contributed by atoms with Crippen molar-refractivity contribution in [3.05, 3.63) is 0 Å². The molecule has 0 spiro atoms. The van der Waals surface area contributed by atoms with Crippen LogP contribution in [-0.2, 0) is 14.3 Å². The molecule has 0 aromatic carbocycles. The molecule has 0 unspecified atom stereocenters. The van der Waals surface area contributed by atoms with Gasteiger partial charge in [0.2, 0.25) is 0 Å². The van der Waals surface area contributed by atoms with E-state index in [4.69, 9.17) is 9.47 Å². The Labute approximate surface area is 128 Å². The summed E-state index contributed by atoms with van der Waals surface area (Å²) >= 11 is 0. The second kappa shape index (κ2) is 9.38. The number of hydrogen-bond acceptors (Lipinski definition) is 4. The maximum atomic E-state index is 11.8. The van der Waals surface area contributed by atoms with E-state index in [2.05, 4.69) is 11.8 Å². The normalized spacial score (nSPS) is 26.2. The van der Waals surface area contributed by atoms with Crippen molar-refractivity contribution < 1.29 is 19.4 Å². The molecular formula is C16H31NO4. The van der Waals surface area contributed by atoms with Crippen LogP contribution in [0.3, 0.4) is 0 Å². The standard InChI is InChI=1S/C16H31NO4/c1-14-5-7-16(8-6-14,15(18)19)13-17(10-12-21-3)9-4-11-20-2/h14H,4-13H2,1-3H3,(H,18,19). The summed E-state index contributed by atoms with van der Waals surface area (Å²) in [6.45, 7) is 5.83. The molecule has 124 valence electrons. The third-order valence-corrected chi connectivity index (χ3v) is 4.65. The third kappa shape index (κ3) is 5.93. The molecule has 0 atom stereocenters. The summed E-state index contributed by atoms with van der Waals surface area (Å²) in [4.78, 5) is 14.1. The number of rotatable bonds is 10. The smallest absolute Gasteiger partial charge is 0.310 e. The molecule has 0 radical (unpaired) electrons. The predicted molar refractivity (Wildman–Crippen MR) is 82.5 cm³/mol. The lowest BCUT2D eigenvalue weighted by Gasteiger charge is -2.39. The van der Waals surface area contributed by atoms with Gasteiger partial charge in [-0.1, -0.05) is 6.92 Å². The van der Waals surface area contributed by atoms with E-state index in [1.54, 1.807) is 14.2 Å². The van der Waals surface area contributed by atoms with Gasteiger partial charge >= 0.3 is 5.97 Å². The highest BCUT2D eigenvalue weighted by molar-refractivity contribution is 5.75. The van der Waals surface area contributed by atoms with E-state index >= 15 is 0 Å². The van der Waals surface area contributed by atoms with Crippen LogP contribution in [0.25, 0.3) is 0 Å². The molecule has 1 rings (SSSR count). The fraction of sp³-hybridized carbons (Fsp3) is 0.938. The molecule has 0 amide bonds. The van der Waals surface area contributed by atoms with Gasteiger partial charge in [-0.25, -0.2) is 0 Å². The van der Waals surface area contributed by atoms with E-state index in [0.29, 0.717) is 25.7 Å². The molecule has 0 bridgehead atoms. The van der Waals surface area contributed by atoms with Crippen LogP contribution in [0.2, 0.25) is 0 Å². The highest BCUT2D eigenvalue weighted by Crippen LogP contribution is 2.39. The van der Waals surface area contributed by atoms with Crippen LogP contribution < -0.4 is 0 Å². The summed E-state index contributed by atoms with van der Waals surface area (Å²) < 4.78 is 10.3. The number of carboxylic acids is 1. The Morgan fingerprint density at radius 2 is 1.81 bits per heavy atom. The van der Waals surface area contributed by atoms with Crippen molar-refractivity contribution in [1.29, 1.82) is 0 Å². The minimum atomic E-state index is -0.636. The average molecular weight is 301 g/mol. The van der Waals surface area contributed by atoms with E-state index in [9.17, 15) is 9.90 Å². The van der Waals surface area contributed by atoms with E-state index in [1.165, 1.54) is 0 Å². The zero-order valence-electron chi connectivity index (χ0n) is 13.8. The molecule has 0 heterocycles. The molecule has 21 heavy (non-hydrogen) atoms. The van der Waals surface area contributed by atoms with Crippen LogP contribution in [0.4, 0.5) is 0 Å². The lowest BCUT2D eigenvalue weighted by Crippen LogP contribution is -2.46. The highest BCUT2D eigenvalue weighted by Gasteiger charge is 2.42. The Balaban J connectivity index is 2.64. The summed E-state index contributed by atoms with van der Waals surface area (Å²) in [6.07, 6.45) is 4.53. The van der Waals surface area contributed by atoms with Gasteiger partial charge in [-0.3, -0.25) is 9.69 Å². The molecule has 1 aliphatic carbocycles. The van der Waals surface area contributed by atoms with E-state index in [-0.39, 0.29) is 0 Å². The Morgan fingerprint density at radius 3 is 2.33 bits per heavy atom. The number of aliphatic carboxylic acids is 1. The molecule has 1 saturated carbocycles. The number of carbonyl (C=O) groups is 1. The Kier molecular flexibility index (Phi) is 8.22. The van der Waals surface area contributed by atoms with Crippen LogP contribution >= 0.6 is 0 Å². The SMILES string of the molecule is COCCCN(CCOC)CC1(C(=O)O)CCC(C)CC1. The number of nitrogens with zero attached hydrogens (tertiary/aromatic N) is 1. The monoisotopic (exact) mass is 301 g/mol. The van der Waals surface area contributed by atoms with Crippen molar-refractivity contribution in [2.24, 2.45) is 11.3 Å². The van der Waals surface area contributed by atoms with Crippen LogP contribution in [0.15, 0.2) is 0 Å². The van der Waals surface area contributed by atoms with E-state index in [1.807, 2.05) is 0 Å². The number of hydrogen-bond donors (Lipinski definition) is 1. The summed E-state index contributed by atoms with van der Waals surface area (Å²) in [6, 6.07) is 0. The lowest BCUT2D eigenvalue weighted by molar-refractivity contribution is -0.153. The van der Waals surface area contributed by atoms with E-state index in [0.717, 1.165) is 45.2 Å². The first kappa shape index (κ1) is 18.4. The van der Waals surface area contributed by atoms with Crippen molar-refractivity contribution in [2.45, 2.75) is 39.0 Å². The largest absolute Gasteiger partial charge is 0.481 e. The quantitative estimate of drug-likeness (QED) is 0.627. The third-order valence-electron chi connectivity index (χ3n) is 4.65. The molecule has 0 aromatic rings. The zero-order valence-corrected chi connectivity index (χ0v) is 13.8. The van der Waals surface area contributed by atoms with Gasteiger partial charge in [0.25, 0.3) is 0 Å². The summed E-state index contributed by atoms with van der Waals surface area (Å²) in [7, 11) is 3.38. The van der Waals surface area contributed by atoms with E-state index < -0.39 is 11.4 Å². The Bertz CT molecular complexity index is 301. The van der Waals surface area contributed by atoms with Crippen LogP contribution in [0, 0.1) is 11.3 Å². The molecule has 0 saturated heterocycles. The van der Waals surface area contributed by atoms with Crippen LogP contribution in [0.5, 0.6) is 0 Å². The molecule has 5 nitrogen and oxygen atoms in total. The van der Waals surface area contributed by atoms with Gasteiger partial charge in [-0.15, -0.1) is 0 Å². The highest BCUT2D eigenvalue weighted by atomic mass is 16.5. The first-order valence-corrected chi connectivity index (χ1v) is 7.97. The van der Waals surface area contributed by atoms with Crippen molar-refractivity contribution in [3.8, 4) is 0 Å². The lowest BCUT2D eigenvalue weighted by atomic mass is 9.70. The van der Waals surface area contributed by atoms with Crippen molar-refractivity contribution in [3.63, 3.8) is 0 Å². The van der Waals surface area contributed by atoms with Gasteiger partial charge in [0, 0.05) is 40.5 Å². The molecular weight excluding hydrogens is 270 g/mol. The summed E-state index contributed by atoms with van der Waals surface area (Å²) in [5.74, 6) is 0.0157. The molecule has 5 heteroatoms. The molecule has 1 fully saturated rings. The number of methoxy groups -OCH3 is 2. The van der Waals surface area contributed by atoms with Gasteiger partial charge in [0.15, 0.2) is 0 Å². The maximum Gasteiger partial charge on any atom is 0.310 e. The van der Waals surface area contributed by atoms with Crippen molar-refractivity contribution >= 4 is 5.97 Å². The molecule has 1 N–H and O–H groups in total. The zero-order chi connectivity index (χ0) is 15.7. The van der Waals surface area contributed by atoms with Gasteiger partial charge < -0.3 is 14.6 Å². The second-order valence-electron chi connectivity index (χ2n) is 6.38.